The number of fused-ring (bicyclic) bond motifs is 3. The first-order valence-corrected chi connectivity index (χ1v) is 12.3. The minimum atomic E-state index is -0.558. The first-order chi connectivity index (χ1) is 17.9. The minimum absolute atomic E-state index is 0.0503. The van der Waals surface area contributed by atoms with Crippen LogP contribution in [0.15, 0.2) is 78.8 Å². The SMILES string of the molecule is C[C@H]1C(=O)C(C#N)=C[C@@]2(C)c3c(c(-c4ccccn4)nn3-c3ccc(-c4cncc(F)c4)cc3)CC[C@H]12. The summed E-state index contributed by atoms with van der Waals surface area (Å²) in [4.78, 5) is 21.4. The normalized spacial score (nSPS) is 22.5. The van der Waals surface area contributed by atoms with Crippen molar-refractivity contribution in [2.24, 2.45) is 11.8 Å². The molecule has 182 valence electrons. The largest absolute Gasteiger partial charge is 0.293 e. The predicted octanol–water partition coefficient (Wildman–Crippen LogP) is 5.62. The van der Waals surface area contributed by atoms with Crippen LogP contribution in [0.25, 0.3) is 28.2 Å². The van der Waals surface area contributed by atoms with E-state index in [0.29, 0.717) is 5.56 Å². The Bertz CT molecular complexity index is 1600. The van der Waals surface area contributed by atoms with Crippen molar-refractivity contribution in [3.63, 3.8) is 0 Å². The zero-order valence-corrected chi connectivity index (χ0v) is 20.5. The number of rotatable bonds is 3. The lowest BCUT2D eigenvalue weighted by atomic mass is 9.58. The molecular formula is C30H24FN5O. The third kappa shape index (κ3) is 3.60. The summed E-state index contributed by atoms with van der Waals surface area (Å²) in [5, 5.41) is 14.8. The molecule has 7 heteroatoms. The van der Waals surface area contributed by atoms with Crippen molar-refractivity contribution in [1.82, 2.24) is 19.7 Å². The number of hydrogen-bond donors (Lipinski definition) is 0. The predicted molar refractivity (Wildman–Crippen MR) is 137 cm³/mol. The maximum atomic E-state index is 13.7. The fourth-order valence-corrected chi connectivity index (χ4v) is 6.11. The smallest absolute Gasteiger partial charge is 0.176 e. The van der Waals surface area contributed by atoms with Crippen molar-refractivity contribution in [1.29, 1.82) is 5.26 Å². The molecule has 0 bridgehead atoms. The number of halogens is 1. The summed E-state index contributed by atoms with van der Waals surface area (Å²) in [5.74, 6) is -0.684. The number of hydrogen-bond acceptors (Lipinski definition) is 5. The van der Waals surface area contributed by atoms with E-state index in [1.165, 1.54) is 12.3 Å². The number of Topliss-reactive ketones (excluding diaryl/α,β-unsaturated/α-hetero) is 1. The third-order valence-corrected chi connectivity index (χ3v) is 7.87. The van der Waals surface area contributed by atoms with E-state index in [1.807, 2.05) is 60.1 Å². The number of aromatic nitrogens is 4. The topological polar surface area (TPSA) is 84.5 Å². The van der Waals surface area contributed by atoms with E-state index in [0.717, 1.165) is 46.7 Å². The fraction of sp³-hybridized carbons (Fsp3) is 0.233. The Labute approximate surface area is 214 Å². The van der Waals surface area contributed by atoms with Gasteiger partial charge in [0.05, 0.1) is 28.8 Å². The second-order valence-corrected chi connectivity index (χ2v) is 9.99. The average Bonchev–Trinajstić information content (AvgIpc) is 3.32. The van der Waals surface area contributed by atoms with Crippen LogP contribution in [0, 0.1) is 29.0 Å². The van der Waals surface area contributed by atoms with E-state index in [-0.39, 0.29) is 29.0 Å². The van der Waals surface area contributed by atoms with E-state index < -0.39 is 5.41 Å². The second-order valence-electron chi connectivity index (χ2n) is 9.99. The zero-order valence-electron chi connectivity index (χ0n) is 20.5. The molecule has 3 heterocycles. The van der Waals surface area contributed by atoms with Crippen molar-refractivity contribution in [3.05, 3.63) is 95.8 Å². The van der Waals surface area contributed by atoms with Gasteiger partial charge in [0.1, 0.15) is 17.6 Å². The number of nitrogens with zero attached hydrogens (tertiary/aromatic N) is 5. The maximum absolute atomic E-state index is 13.7. The average molecular weight is 490 g/mol. The van der Waals surface area contributed by atoms with E-state index in [2.05, 4.69) is 23.0 Å². The molecule has 0 amide bonds. The highest BCUT2D eigenvalue weighted by molar-refractivity contribution is 6.02. The molecule has 0 spiro atoms. The minimum Gasteiger partial charge on any atom is -0.293 e. The molecule has 4 aromatic rings. The monoisotopic (exact) mass is 489 g/mol. The first-order valence-electron chi connectivity index (χ1n) is 12.3. The molecule has 37 heavy (non-hydrogen) atoms. The number of benzene rings is 1. The van der Waals surface area contributed by atoms with Crippen LogP contribution in [0.1, 0.15) is 31.5 Å². The van der Waals surface area contributed by atoms with Crippen LogP contribution in [0.5, 0.6) is 0 Å². The molecule has 6 rings (SSSR count). The number of nitriles is 1. The number of allylic oxidation sites excluding steroid dienone is 2. The summed E-state index contributed by atoms with van der Waals surface area (Å²) in [7, 11) is 0. The van der Waals surface area contributed by atoms with Crippen molar-refractivity contribution >= 4 is 5.78 Å². The number of ketones is 1. The van der Waals surface area contributed by atoms with Crippen LogP contribution in [0.2, 0.25) is 0 Å². The standard InChI is InChI=1S/C30H24FN5O/c1-18-25-11-10-24-27(26-5-3-4-12-34-26)35-36(29(24)30(25,2)14-21(15-32)28(18)37)23-8-6-19(7-9-23)20-13-22(31)17-33-16-20/h3-9,12-14,16-18,25H,10-11H2,1-2H3/t18-,25-,30-/m1/s1. The van der Waals surface area contributed by atoms with Crippen LogP contribution >= 0.6 is 0 Å². The number of carbonyl (C=O) groups excluding carboxylic acids is 1. The highest BCUT2D eigenvalue weighted by Crippen LogP contribution is 2.52. The fourth-order valence-electron chi connectivity index (χ4n) is 6.11. The summed E-state index contributed by atoms with van der Waals surface area (Å²) in [6, 6.07) is 17.1. The van der Waals surface area contributed by atoms with E-state index in [9.17, 15) is 14.4 Å². The lowest BCUT2D eigenvalue weighted by Crippen LogP contribution is -2.46. The quantitative estimate of drug-likeness (QED) is 0.373. The van der Waals surface area contributed by atoms with Gasteiger partial charge in [-0.05, 0) is 54.7 Å². The van der Waals surface area contributed by atoms with Crippen molar-refractivity contribution in [3.8, 4) is 34.3 Å². The van der Waals surface area contributed by atoms with Crippen molar-refractivity contribution < 1.29 is 9.18 Å². The number of pyridine rings is 2. The molecular weight excluding hydrogens is 465 g/mol. The van der Waals surface area contributed by atoms with Gasteiger partial charge in [-0.15, -0.1) is 0 Å². The Morgan fingerprint density at radius 2 is 1.95 bits per heavy atom. The molecule has 0 N–H and O–H groups in total. The third-order valence-electron chi connectivity index (χ3n) is 7.87. The van der Waals surface area contributed by atoms with Crippen LogP contribution in [0.4, 0.5) is 4.39 Å². The van der Waals surface area contributed by atoms with Crippen LogP contribution in [0.3, 0.4) is 0 Å². The first kappa shape index (κ1) is 23.0. The Morgan fingerprint density at radius 1 is 1.14 bits per heavy atom. The molecule has 3 atom stereocenters. The summed E-state index contributed by atoms with van der Waals surface area (Å²) in [6.45, 7) is 4.05. The Kier molecular flexibility index (Phi) is 5.34. The molecule has 0 unspecified atom stereocenters. The molecule has 1 aromatic carbocycles. The molecule has 6 nitrogen and oxygen atoms in total. The second kappa shape index (κ2) is 8.59. The lowest BCUT2D eigenvalue weighted by Gasteiger charge is -2.45. The van der Waals surface area contributed by atoms with E-state index in [1.54, 1.807) is 12.4 Å². The van der Waals surface area contributed by atoms with Gasteiger partial charge in [-0.3, -0.25) is 14.8 Å². The molecule has 0 saturated carbocycles. The van der Waals surface area contributed by atoms with Crippen LogP contribution in [-0.4, -0.2) is 25.5 Å². The summed E-state index contributed by atoms with van der Waals surface area (Å²) >= 11 is 0. The van der Waals surface area contributed by atoms with Crippen molar-refractivity contribution in [2.45, 2.75) is 32.1 Å². The van der Waals surface area contributed by atoms with Gasteiger partial charge in [-0.2, -0.15) is 10.4 Å². The van der Waals surface area contributed by atoms with Gasteiger partial charge in [0, 0.05) is 34.9 Å². The lowest BCUT2D eigenvalue weighted by molar-refractivity contribution is -0.121. The van der Waals surface area contributed by atoms with E-state index >= 15 is 0 Å². The van der Waals surface area contributed by atoms with Gasteiger partial charge >= 0.3 is 0 Å². The van der Waals surface area contributed by atoms with Gasteiger partial charge in [0.2, 0.25) is 0 Å². The van der Waals surface area contributed by atoms with Gasteiger partial charge < -0.3 is 0 Å². The molecule has 0 fully saturated rings. The molecule has 2 aliphatic carbocycles. The van der Waals surface area contributed by atoms with Crippen LogP contribution < -0.4 is 0 Å². The summed E-state index contributed by atoms with van der Waals surface area (Å²) in [5.41, 5.74) is 5.69. The molecule has 2 aliphatic rings. The Morgan fingerprint density at radius 3 is 2.65 bits per heavy atom. The molecule has 0 radical (unpaired) electrons. The molecule has 0 aliphatic heterocycles. The van der Waals surface area contributed by atoms with Gasteiger partial charge in [0.25, 0.3) is 0 Å². The van der Waals surface area contributed by atoms with Gasteiger partial charge in [0.15, 0.2) is 5.78 Å². The zero-order chi connectivity index (χ0) is 25.7. The molecule has 3 aromatic heterocycles. The summed E-state index contributed by atoms with van der Waals surface area (Å²) in [6.07, 6.45) is 8.01. The highest BCUT2D eigenvalue weighted by Gasteiger charge is 2.50. The van der Waals surface area contributed by atoms with Gasteiger partial charge in [-0.25, -0.2) is 9.07 Å². The maximum Gasteiger partial charge on any atom is 0.176 e. The Hall–Kier alpha value is -4.44. The van der Waals surface area contributed by atoms with E-state index in [4.69, 9.17) is 5.10 Å². The number of carbonyl (C=O) groups is 1. The summed E-state index contributed by atoms with van der Waals surface area (Å²) < 4.78 is 15.7. The van der Waals surface area contributed by atoms with Crippen molar-refractivity contribution in [2.75, 3.05) is 0 Å². The molecule has 0 saturated heterocycles. The van der Waals surface area contributed by atoms with Crippen LogP contribution in [-0.2, 0) is 16.6 Å². The van der Waals surface area contributed by atoms with Gasteiger partial charge in [-0.1, -0.05) is 38.1 Å². The Balaban J connectivity index is 1.56. The highest BCUT2D eigenvalue weighted by atomic mass is 19.1.